The summed E-state index contributed by atoms with van der Waals surface area (Å²) in [5, 5.41) is 8.47. The first-order chi connectivity index (χ1) is 22.3. The van der Waals surface area contributed by atoms with Crippen LogP contribution >= 0.6 is 11.8 Å². The van der Waals surface area contributed by atoms with E-state index < -0.39 is 12.0 Å². The third kappa shape index (κ3) is 6.84. The molecular formula is C37H35FN4O3S. The largest absolute Gasteiger partial charge is 0.489 e. The number of nitrogens with one attached hydrogen (secondary N) is 1. The second-order valence-corrected chi connectivity index (χ2v) is 12.3. The van der Waals surface area contributed by atoms with E-state index in [0.717, 1.165) is 16.7 Å². The molecule has 46 heavy (non-hydrogen) atoms. The van der Waals surface area contributed by atoms with Gasteiger partial charge in [-0.15, -0.1) is 5.10 Å². The number of aryl methyl sites for hydroxylation is 3. The molecule has 5 aromatic rings. The topological polar surface area (TPSA) is 78.3 Å². The summed E-state index contributed by atoms with van der Waals surface area (Å²) >= 11 is 1.33. The van der Waals surface area contributed by atoms with Crippen LogP contribution in [0.15, 0.2) is 107 Å². The van der Waals surface area contributed by atoms with Crippen LogP contribution in [-0.2, 0) is 28.5 Å². The van der Waals surface area contributed by atoms with E-state index in [1.165, 1.54) is 34.5 Å². The van der Waals surface area contributed by atoms with Crippen LogP contribution in [-0.4, -0.2) is 20.7 Å². The molecular weight excluding hydrogens is 599 g/mol. The summed E-state index contributed by atoms with van der Waals surface area (Å²) in [5.74, 6) is 0.843. The molecule has 1 unspecified atom stereocenters. The quantitative estimate of drug-likeness (QED) is 0.122. The Hall–Kier alpha value is -4.89. The van der Waals surface area contributed by atoms with E-state index in [9.17, 15) is 9.18 Å². The van der Waals surface area contributed by atoms with Gasteiger partial charge in [0.2, 0.25) is 11.1 Å². The first-order valence-electron chi connectivity index (χ1n) is 15.1. The molecule has 1 atom stereocenters. The zero-order valence-corrected chi connectivity index (χ0v) is 27.0. The van der Waals surface area contributed by atoms with Gasteiger partial charge in [-0.1, -0.05) is 84.6 Å². The van der Waals surface area contributed by atoms with Gasteiger partial charge in [-0.05, 0) is 84.8 Å². The van der Waals surface area contributed by atoms with Crippen LogP contribution in [0.2, 0.25) is 0 Å². The van der Waals surface area contributed by atoms with E-state index >= 15 is 0 Å². The van der Waals surface area contributed by atoms with Gasteiger partial charge >= 0.3 is 5.97 Å². The molecule has 0 bridgehead atoms. The number of ether oxygens (including phenoxy) is 2. The number of carbonyl (C=O) groups excluding carboxylic acids is 1. The standard InChI is InChI=1S/C37H35FN4O3S/c1-23-18-25(3)30(19-24(23)2)21-44-31-16-14-28(15-17-31)34-33(35(43)45-20-27-10-6-5-7-11-27)26(4)39-36-40-37(41-42(34)36)46-22-29-12-8-9-13-32(29)38/h5-19,34H,20-22H2,1-4H3,(H,39,40,41). The lowest BCUT2D eigenvalue weighted by Crippen LogP contribution is -2.29. The highest BCUT2D eigenvalue weighted by Gasteiger charge is 2.35. The summed E-state index contributed by atoms with van der Waals surface area (Å²) in [7, 11) is 0. The van der Waals surface area contributed by atoms with Crippen molar-refractivity contribution in [2.24, 2.45) is 0 Å². The maximum Gasteiger partial charge on any atom is 0.338 e. The molecule has 0 saturated heterocycles. The van der Waals surface area contributed by atoms with Gasteiger partial charge in [0.05, 0.1) is 5.57 Å². The molecule has 7 nitrogen and oxygen atoms in total. The van der Waals surface area contributed by atoms with Crippen molar-refractivity contribution in [1.29, 1.82) is 0 Å². The Bertz CT molecular complexity index is 1900. The first-order valence-corrected chi connectivity index (χ1v) is 16.1. The summed E-state index contributed by atoms with van der Waals surface area (Å²) < 4.78 is 28.0. The van der Waals surface area contributed by atoms with Crippen LogP contribution in [0.25, 0.3) is 0 Å². The summed E-state index contributed by atoms with van der Waals surface area (Å²) in [5.41, 5.74) is 8.15. The minimum Gasteiger partial charge on any atom is -0.489 e. The fourth-order valence-corrected chi connectivity index (χ4v) is 6.22. The van der Waals surface area contributed by atoms with Crippen molar-refractivity contribution >= 4 is 23.7 Å². The Morgan fingerprint density at radius 3 is 2.35 bits per heavy atom. The van der Waals surface area contributed by atoms with Gasteiger partial charge in [0.15, 0.2) is 0 Å². The number of aromatic nitrogens is 3. The number of rotatable bonds is 10. The van der Waals surface area contributed by atoms with Crippen molar-refractivity contribution in [3.05, 3.63) is 147 Å². The van der Waals surface area contributed by atoms with Gasteiger partial charge in [-0.2, -0.15) is 4.98 Å². The zero-order valence-electron chi connectivity index (χ0n) is 26.2. The van der Waals surface area contributed by atoms with Crippen molar-refractivity contribution < 1.29 is 18.7 Å². The lowest BCUT2D eigenvalue weighted by molar-refractivity contribution is -0.140. The van der Waals surface area contributed by atoms with Gasteiger partial charge in [0.1, 0.15) is 30.8 Å². The number of carbonyl (C=O) groups is 1. The van der Waals surface area contributed by atoms with Crippen LogP contribution < -0.4 is 10.1 Å². The van der Waals surface area contributed by atoms with Crippen LogP contribution in [0, 0.1) is 26.6 Å². The molecule has 0 fully saturated rings. The van der Waals surface area contributed by atoms with Crippen LogP contribution in [0.3, 0.4) is 0 Å². The second kappa shape index (κ2) is 13.6. The minimum atomic E-state index is -0.606. The highest BCUT2D eigenvalue weighted by atomic mass is 32.2. The summed E-state index contributed by atoms with van der Waals surface area (Å²) in [6, 6.07) is 27.7. The highest BCUT2D eigenvalue weighted by Crippen LogP contribution is 2.38. The molecule has 0 spiro atoms. The lowest BCUT2D eigenvalue weighted by Gasteiger charge is -2.28. The molecule has 234 valence electrons. The first kappa shape index (κ1) is 31.1. The third-order valence-corrected chi connectivity index (χ3v) is 9.01. The second-order valence-electron chi connectivity index (χ2n) is 11.4. The number of nitrogens with zero attached hydrogens (tertiary/aromatic N) is 3. The van der Waals surface area contributed by atoms with E-state index in [2.05, 4.69) is 43.2 Å². The van der Waals surface area contributed by atoms with Gasteiger partial charge in [0.25, 0.3) is 0 Å². The summed E-state index contributed by atoms with van der Waals surface area (Å²) in [6.07, 6.45) is 0. The van der Waals surface area contributed by atoms with Crippen molar-refractivity contribution in [2.45, 2.75) is 57.9 Å². The predicted molar refractivity (Wildman–Crippen MR) is 178 cm³/mol. The van der Waals surface area contributed by atoms with Crippen molar-refractivity contribution in [2.75, 3.05) is 5.32 Å². The van der Waals surface area contributed by atoms with Crippen LogP contribution in [0.1, 0.15) is 51.9 Å². The fraction of sp³-hybridized carbons (Fsp3) is 0.216. The molecule has 1 aliphatic rings. The maximum atomic E-state index is 14.3. The number of esters is 1. The normalized spacial score (nSPS) is 14.1. The van der Waals surface area contributed by atoms with Gasteiger partial charge in [0, 0.05) is 11.4 Å². The number of anilines is 1. The monoisotopic (exact) mass is 634 g/mol. The number of thioether (sulfide) groups is 1. The smallest absolute Gasteiger partial charge is 0.338 e. The Morgan fingerprint density at radius 2 is 1.59 bits per heavy atom. The summed E-state index contributed by atoms with van der Waals surface area (Å²) in [4.78, 5) is 18.4. The molecule has 9 heteroatoms. The number of benzene rings is 4. The van der Waals surface area contributed by atoms with Crippen LogP contribution in [0.4, 0.5) is 10.3 Å². The fourth-order valence-electron chi connectivity index (χ4n) is 5.41. The SMILES string of the molecule is CC1=C(C(=O)OCc2ccccc2)C(c2ccc(OCc3cc(C)c(C)cc3C)cc2)n2nc(SCc3ccccc3F)nc2N1. The molecule has 1 aromatic heterocycles. The average molecular weight is 635 g/mol. The van der Waals surface area contributed by atoms with Gasteiger partial charge in [-0.3, -0.25) is 0 Å². The van der Waals surface area contributed by atoms with E-state index in [-0.39, 0.29) is 12.4 Å². The Morgan fingerprint density at radius 1 is 0.870 bits per heavy atom. The van der Waals surface area contributed by atoms with Gasteiger partial charge in [-0.25, -0.2) is 13.9 Å². The number of halogens is 1. The molecule has 0 saturated carbocycles. The van der Waals surface area contributed by atoms with E-state index in [0.29, 0.717) is 46.0 Å². The Balaban J connectivity index is 1.27. The van der Waals surface area contributed by atoms with Crippen molar-refractivity contribution in [3.8, 4) is 5.75 Å². The zero-order chi connectivity index (χ0) is 32.2. The van der Waals surface area contributed by atoms with E-state index in [1.807, 2.05) is 61.5 Å². The molecule has 2 heterocycles. The lowest BCUT2D eigenvalue weighted by atomic mass is 9.95. The molecule has 0 radical (unpaired) electrons. The number of hydrogen-bond donors (Lipinski definition) is 1. The molecule has 0 amide bonds. The molecule has 1 N–H and O–H groups in total. The molecule has 4 aromatic carbocycles. The number of hydrogen-bond acceptors (Lipinski definition) is 7. The minimum absolute atomic E-state index is 0.141. The highest BCUT2D eigenvalue weighted by molar-refractivity contribution is 7.98. The Kier molecular flexibility index (Phi) is 9.21. The third-order valence-electron chi connectivity index (χ3n) is 8.12. The van der Waals surface area contributed by atoms with E-state index in [4.69, 9.17) is 14.6 Å². The number of fused-ring (bicyclic) bond motifs is 1. The number of allylic oxidation sites excluding steroid dienone is 1. The summed E-state index contributed by atoms with van der Waals surface area (Å²) in [6.45, 7) is 8.73. The van der Waals surface area contributed by atoms with E-state index in [1.54, 1.807) is 22.9 Å². The van der Waals surface area contributed by atoms with Gasteiger partial charge < -0.3 is 14.8 Å². The van der Waals surface area contributed by atoms with Crippen molar-refractivity contribution in [3.63, 3.8) is 0 Å². The molecule has 1 aliphatic heterocycles. The predicted octanol–water partition coefficient (Wildman–Crippen LogP) is 8.25. The molecule has 0 aliphatic carbocycles. The van der Waals surface area contributed by atoms with Crippen molar-refractivity contribution in [1.82, 2.24) is 14.8 Å². The molecule has 6 rings (SSSR count). The van der Waals surface area contributed by atoms with Crippen LogP contribution in [0.5, 0.6) is 5.75 Å². The average Bonchev–Trinajstić information content (AvgIpc) is 3.46. The Labute approximate surface area is 272 Å². The maximum absolute atomic E-state index is 14.3.